The second kappa shape index (κ2) is 14.0. The highest BCUT2D eigenvalue weighted by Crippen LogP contribution is 2.15. The molecule has 0 aromatic carbocycles. The fourth-order valence-corrected chi connectivity index (χ4v) is 4.30. The van der Waals surface area contributed by atoms with Crippen LogP contribution in [0.2, 0.25) is 0 Å². The van der Waals surface area contributed by atoms with Crippen LogP contribution in [-0.2, 0) is 37.8 Å². The summed E-state index contributed by atoms with van der Waals surface area (Å²) in [7, 11) is 6.58. The number of amides is 5. The molecule has 4 rings (SSSR count). The lowest BCUT2D eigenvalue weighted by molar-refractivity contribution is -0.116. The Bertz CT molecular complexity index is 1760. The van der Waals surface area contributed by atoms with Gasteiger partial charge in [-0.2, -0.15) is 0 Å². The van der Waals surface area contributed by atoms with Crippen molar-refractivity contribution in [3.8, 4) is 0 Å². The molecule has 0 spiro atoms. The van der Waals surface area contributed by atoms with E-state index in [4.69, 9.17) is 0 Å². The van der Waals surface area contributed by atoms with Crippen LogP contribution in [-0.4, -0.2) is 77.1 Å². The van der Waals surface area contributed by atoms with Crippen LogP contribution < -0.4 is 26.6 Å². The Morgan fingerprint density at radius 1 is 0.711 bits per heavy atom. The van der Waals surface area contributed by atoms with Crippen LogP contribution >= 0.6 is 0 Å². The molecular formula is C28H33N11O6. The summed E-state index contributed by atoms with van der Waals surface area (Å²) in [5.41, 5.74) is 1.03. The van der Waals surface area contributed by atoms with E-state index in [1.54, 1.807) is 57.3 Å². The molecule has 0 saturated heterocycles. The van der Waals surface area contributed by atoms with Gasteiger partial charge in [0.25, 0.3) is 17.7 Å². The van der Waals surface area contributed by atoms with E-state index < -0.39 is 23.6 Å². The molecule has 0 aliphatic carbocycles. The molecule has 0 saturated carbocycles. The highest BCUT2D eigenvalue weighted by Gasteiger charge is 2.19. The maximum Gasteiger partial charge on any atom is 0.291 e. The number of hydrogen-bond acceptors (Lipinski definition) is 8. The van der Waals surface area contributed by atoms with Crippen LogP contribution in [0.25, 0.3) is 0 Å². The van der Waals surface area contributed by atoms with Crippen molar-refractivity contribution in [1.82, 2.24) is 38.9 Å². The van der Waals surface area contributed by atoms with Gasteiger partial charge < -0.3 is 44.9 Å². The smallest absolute Gasteiger partial charge is 0.291 e. The van der Waals surface area contributed by atoms with E-state index in [-0.39, 0.29) is 60.8 Å². The van der Waals surface area contributed by atoms with E-state index in [1.165, 1.54) is 32.2 Å². The van der Waals surface area contributed by atoms with E-state index in [2.05, 4.69) is 36.6 Å². The molecule has 0 atom stereocenters. The Morgan fingerprint density at radius 2 is 1.31 bits per heavy atom. The number of carbonyl (C=O) groups is 6. The monoisotopic (exact) mass is 619 g/mol. The standard InChI is InChI=1S/C28H33N11O6/c1-36-11-5-6-18(36)26(43)29-9-7-24(42)34-21-15-39(4)25(35-21)28(45)31-17-12-19(37(2)13-17)27(44)30-10-8-23(41)33-20-14-38(3)22(16-40)32-20/h5-6,11-16H,7-10H2,1-4H3,(H,29,43)(H,30,44)(H,31,45)(H,33,41)(H,34,42). The Kier molecular flexibility index (Phi) is 9.92. The fraction of sp³-hybridized carbons (Fsp3) is 0.286. The van der Waals surface area contributed by atoms with E-state index in [1.807, 2.05) is 0 Å². The summed E-state index contributed by atoms with van der Waals surface area (Å²) in [6.45, 7) is 0.146. The van der Waals surface area contributed by atoms with Crippen molar-refractivity contribution in [3.05, 3.63) is 66.0 Å². The third-order valence-electron chi connectivity index (χ3n) is 6.58. The topological polar surface area (TPSA) is 208 Å². The number of hydrogen-bond donors (Lipinski definition) is 5. The number of aryl methyl sites for hydroxylation is 4. The second-order valence-corrected chi connectivity index (χ2v) is 10.1. The molecule has 0 aliphatic heterocycles. The van der Waals surface area contributed by atoms with Crippen LogP contribution in [0.5, 0.6) is 0 Å². The summed E-state index contributed by atoms with van der Waals surface area (Å²) in [6, 6.07) is 4.88. The number of rotatable bonds is 13. The van der Waals surface area contributed by atoms with E-state index >= 15 is 0 Å². The molecule has 236 valence electrons. The van der Waals surface area contributed by atoms with Crippen molar-refractivity contribution in [2.24, 2.45) is 28.2 Å². The summed E-state index contributed by atoms with van der Waals surface area (Å²) in [5.74, 6) is -1.57. The molecule has 0 fully saturated rings. The zero-order chi connectivity index (χ0) is 32.7. The average molecular weight is 620 g/mol. The van der Waals surface area contributed by atoms with E-state index in [9.17, 15) is 28.8 Å². The number of carbonyl (C=O) groups excluding carboxylic acids is 6. The van der Waals surface area contributed by atoms with Gasteiger partial charge in [0.05, 0.1) is 5.69 Å². The van der Waals surface area contributed by atoms with Gasteiger partial charge in [-0.05, 0) is 18.2 Å². The Labute approximate surface area is 257 Å². The first-order chi connectivity index (χ1) is 21.4. The molecule has 4 heterocycles. The Hall–Kier alpha value is -6.00. The lowest BCUT2D eigenvalue weighted by Crippen LogP contribution is -2.29. The first-order valence-electron chi connectivity index (χ1n) is 13.7. The van der Waals surface area contributed by atoms with Gasteiger partial charge in [0.1, 0.15) is 11.4 Å². The first kappa shape index (κ1) is 31.9. The molecule has 0 bridgehead atoms. The highest BCUT2D eigenvalue weighted by atomic mass is 16.2. The number of nitrogens with one attached hydrogen (secondary N) is 5. The average Bonchev–Trinajstić information content (AvgIpc) is 3.75. The lowest BCUT2D eigenvalue weighted by Gasteiger charge is -2.06. The van der Waals surface area contributed by atoms with E-state index in [0.29, 0.717) is 17.7 Å². The predicted molar refractivity (Wildman–Crippen MR) is 162 cm³/mol. The normalized spacial score (nSPS) is 10.7. The SMILES string of the molecule is Cn1cc(NC(=O)c2nc(NC(=O)CCNC(=O)c3cccn3C)cn2C)cc1C(=O)NCCC(=O)Nc1cn(C)c(C=O)n1. The summed E-state index contributed by atoms with van der Waals surface area (Å²) in [6.07, 6.45) is 6.80. The summed E-state index contributed by atoms with van der Waals surface area (Å²) in [4.78, 5) is 81.4. The van der Waals surface area contributed by atoms with Crippen LogP contribution in [0.15, 0.2) is 43.0 Å². The molecule has 0 unspecified atom stereocenters. The molecule has 5 N–H and O–H groups in total. The minimum atomic E-state index is -0.575. The second-order valence-electron chi connectivity index (χ2n) is 10.1. The van der Waals surface area contributed by atoms with Crippen molar-refractivity contribution in [1.29, 1.82) is 0 Å². The van der Waals surface area contributed by atoms with Crippen molar-refractivity contribution < 1.29 is 28.8 Å². The zero-order valence-corrected chi connectivity index (χ0v) is 25.1. The summed E-state index contributed by atoms with van der Waals surface area (Å²) in [5, 5.41) is 13.2. The molecule has 17 heteroatoms. The molecule has 45 heavy (non-hydrogen) atoms. The lowest BCUT2D eigenvalue weighted by atomic mass is 10.3. The Balaban J connectivity index is 1.24. The molecule has 5 amide bonds. The third-order valence-corrected chi connectivity index (χ3v) is 6.58. The summed E-state index contributed by atoms with van der Waals surface area (Å²) >= 11 is 0. The molecule has 0 radical (unpaired) electrons. The quantitative estimate of drug-likeness (QED) is 0.132. The van der Waals surface area contributed by atoms with Crippen LogP contribution in [0.1, 0.15) is 55.1 Å². The number of aldehydes is 1. The van der Waals surface area contributed by atoms with Crippen molar-refractivity contribution in [3.63, 3.8) is 0 Å². The van der Waals surface area contributed by atoms with E-state index in [0.717, 1.165) is 0 Å². The minimum Gasteiger partial charge on any atom is -0.350 e. The molecule has 0 aliphatic rings. The molecule has 17 nitrogen and oxygen atoms in total. The van der Waals surface area contributed by atoms with Gasteiger partial charge in [-0.15, -0.1) is 0 Å². The first-order valence-corrected chi connectivity index (χ1v) is 13.7. The van der Waals surface area contributed by atoms with Gasteiger partial charge in [0.2, 0.25) is 17.6 Å². The highest BCUT2D eigenvalue weighted by molar-refractivity contribution is 6.04. The largest absolute Gasteiger partial charge is 0.350 e. The zero-order valence-electron chi connectivity index (χ0n) is 25.1. The van der Waals surface area contributed by atoms with Gasteiger partial charge >= 0.3 is 0 Å². The Morgan fingerprint density at radius 3 is 1.89 bits per heavy atom. The van der Waals surface area contributed by atoms with Crippen molar-refractivity contribution in [2.75, 3.05) is 29.0 Å². The number of nitrogens with zero attached hydrogens (tertiary/aromatic N) is 6. The maximum absolute atomic E-state index is 12.9. The molecule has 4 aromatic heterocycles. The minimum absolute atomic E-state index is 0.000270. The van der Waals surface area contributed by atoms with Gasteiger partial charge in [-0.25, -0.2) is 9.97 Å². The number of imidazole rings is 2. The maximum atomic E-state index is 12.9. The van der Waals surface area contributed by atoms with Crippen LogP contribution in [0, 0.1) is 0 Å². The predicted octanol–water partition coefficient (Wildman–Crippen LogP) is 0.413. The van der Waals surface area contributed by atoms with Crippen LogP contribution in [0.3, 0.4) is 0 Å². The summed E-state index contributed by atoms with van der Waals surface area (Å²) < 4.78 is 6.10. The molecular weight excluding hydrogens is 586 g/mol. The van der Waals surface area contributed by atoms with Gasteiger partial charge in [0.15, 0.2) is 23.7 Å². The van der Waals surface area contributed by atoms with Crippen molar-refractivity contribution >= 4 is 53.1 Å². The van der Waals surface area contributed by atoms with Crippen LogP contribution in [0.4, 0.5) is 17.3 Å². The van der Waals surface area contributed by atoms with Gasteiger partial charge in [-0.3, -0.25) is 28.8 Å². The van der Waals surface area contributed by atoms with Gasteiger partial charge in [0, 0.05) is 78.9 Å². The molecule has 4 aromatic rings. The number of anilines is 3. The third kappa shape index (κ3) is 8.09. The number of aromatic nitrogens is 6. The van der Waals surface area contributed by atoms with Crippen molar-refractivity contribution in [2.45, 2.75) is 12.8 Å². The fourth-order valence-electron chi connectivity index (χ4n) is 4.30. The van der Waals surface area contributed by atoms with Gasteiger partial charge in [-0.1, -0.05) is 0 Å².